The van der Waals surface area contributed by atoms with Crippen molar-refractivity contribution in [2.75, 3.05) is 5.73 Å². The summed E-state index contributed by atoms with van der Waals surface area (Å²) in [6.07, 6.45) is 3.27. The molecule has 1 aromatic carbocycles. The van der Waals surface area contributed by atoms with Crippen LogP contribution in [0.1, 0.15) is 48.3 Å². The maximum Gasteiger partial charge on any atom is 0.263 e. The lowest BCUT2D eigenvalue weighted by molar-refractivity contribution is 0.0941. The number of aryl methyl sites for hydroxylation is 1. The molecule has 1 saturated carbocycles. The summed E-state index contributed by atoms with van der Waals surface area (Å²) in [5, 5.41) is 4.16. The van der Waals surface area contributed by atoms with Crippen LogP contribution < -0.4 is 11.1 Å². The molecule has 1 aliphatic carbocycles. The van der Waals surface area contributed by atoms with Crippen LogP contribution in [-0.4, -0.2) is 11.9 Å². The van der Waals surface area contributed by atoms with E-state index in [1.165, 1.54) is 23.3 Å². The summed E-state index contributed by atoms with van der Waals surface area (Å²) in [6, 6.07) is 6.31. The fourth-order valence-electron chi connectivity index (χ4n) is 3.26. The highest BCUT2D eigenvalue weighted by molar-refractivity contribution is 7.21. The number of carbonyl (C=O) groups excluding carboxylic acids is 1. The molecule has 0 radical (unpaired) electrons. The van der Waals surface area contributed by atoms with Crippen LogP contribution in [0.15, 0.2) is 18.2 Å². The third-order valence-electron chi connectivity index (χ3n) is 4.46. The van der Waals surface area contributed by atoms with Crippen molar-refractivity contribution in [1.82, 2.24) is 5.32 Å². The van der Waals surface area contributed by atoms with Gasteiger partial charge in [0.05, 0.1) is 5.69 Å². The maximum absolute atomic E-state index is 12.5. The summed E-state index contributed by atoms with van der Waals surface area (Å²) < 4.78 is 1.12. The molecule has 21 heavy (non-hydrogen) atoms. The number of hydrogen-bond donors (Lipinski definition) is 2. The summed E-state index contributed by atoms with van der Waals surface area (Å²) in [5.41, 5.74) is 8.31. The highest BCUT2D eigenvalue weighted by Crippen LogP contribution is 2.38. The molecule has 3 rings (SSSR count). The van der Waals surface area contributed by atoms with Gasteiger partial charge in [-0.15, -0.1) is 11.3 Å². The van der Waals surface area contributed by atoms with Crippen LogP contribution in [0.25, 0.3) is 10.1 Å². The van der Waals surface area contributed by atoms with Crippen molar-refractivity contribution < 1.29 is 4.79 Å². The molecule has 3 N–H and O–H groups in total. The van der Waals surface area contributed by atoms with Gasteiger partial charge in [0.25, 0.3) is 5.91 Å². The first-order valence-corrected chi connectivity index (χ1v) is 8.27. The number of amides is 1. The van der Waals surface area contributed by atoms with Gasteiger partial charge >= 0.3 is 0 Å². The Morgan fingerprint density at radius 3 is 2.81 bits per heavy atom. The topological polar surface area (TPSA) is 55.1 Å². The maximum atomic E-state index is 12.5. The fourth-order valence-corrected chi connectivity index (χ4v) is 4.35. The molecule has 0 aliphatic heterocycles. The Kier molecular flexibility index (Phi) is 3.44. The van der Waals surface area contributed by atoms with Gasteiger partial charge in [-0.25, -0.2) is 0 Å². The number of nitrogens with two attached hydrogens (primary N) is 1. The van der Waals surface area contributed by atoms with Crippen molar-refractivity contribution in [3.63, 3.8) is 0 Å². The first-order valence-electron chi connectivity index (χ1n) is 7.46. The molecule has 1 fully saturated rings. The lowest BCUT2D eigenvalue weighted by atomic mass is 9.92. The van der Waals surface area contributed by atoms with E-state index in [2.05, 4.69) is 32.2 Å². The van der Waals surface area contributed by atoms with Crippen LogP contribution in [0.2, 0.25) is 0 Å². The lowest BCUT2D eigenvalue weighted by Crippen LogP contribution is -2.33. The minimum absolute atomic E-state index is 0.0178. The molecule has 4 heteroatoms. The third kappa shape index (κ3) is 2.64. The minimum Gasteiger partial charge on any atom is -0.397 e. The largest absolute Gasteiger partial charge is 0.397 e. The molecule has 0 spiro atoms. The van der Waals surface area contributed by atoms with E-state index in [0.717, 1.165) is 22.9 Å². The zero-order valence-electron chi connectivity index (χ0n) is 12.8. The quantitative estimate of drug-likeness (QED) is 0.877. The van der Waals surface area contributed by atoms with Crippen LogP contribution in [0.4, 0.5) is 5.69 Å². The molecule has 1 amide bonds. The molecule has 0 bridgehead atoms. The van der Waals surface area contributed by atoms with Gasteiger partial charge in [0.1, 0.15) is 4.88 Å². The van der Waals surface area contributed by atoms with E-state index >= 15 is 0 Å². The van der Waals surface area contributed by atoms with E-state index < -0.39 is 0 Å². The zero-order chi connectivity index (χ0) is 15.2. The molecular weight excluding hydrogens is 280 g/mol. The summed E-state index contributed by atoms with van der Waals surface area (Å²) in [5.74, 6) is -0.0178. The van der Waals surface area contributed by atoms with Crippen LogP contribution in [0, 0.1) is 12.3 Å². The highest BCUT2D eigenvalue weighted by atomic mass is 32.1. The van der Waals surface area contributed by atoms with Crippen molar-refractivity contribution in [2.45, 2.75) is 46.1 Å². The van der Waals surface area contributed by atoms with Gasteiger partial charge in [-0.05, 0) is 37.2 Å². The van der Waals surface area contributed by atoms with Crippen LogP contribution in [-0.2, 0) is 0 Å². The van der Waals surface area contributed by atoms with Gasteiger partial charge in [-0.1, -0.05) is 32.0 Å². The summed E-state index contributed by atoms with van der Waals surface area (Å²) in [7, 11) is 0. The van der Waals surface area contributed by atoms with Crippen LogP contribution >= 0.6 is 11.3 Å². The van der Waals surface area contributed by atoms with Gasteiger partial charge in [0.15, 0.2) is 0 Å². The van der Waals surface area contributed by atoms with Gasteiger partial charge in [-0.3, -0.25) is 4.79 Å². The Hall–Kier alpha value is -1.55. The Morgan fingerprint density at radius 2 is 2.19 bits per heavy atom. The van der Waals surface area contributed by atoms with E-state index in [0.29, 0.717) is 16.0 Å². The van der Waals surface area contributed by atoms with Gasteiger partial charge in [-0.2, -0.15) is 0 Å². The molecule has 0 saturated heterocycles. The number of nitrogen functional groups attached to an aromatic ring is 1. The number of hydrogen-bond acceptors (Lipinski definition) is 3. The van der Waals surface area contributed by atoms with Gasteiger partial charge in [0, 0.05) is 16.1 Å². The molecule has 2 aromatic rings. The number of carbonyl (C=O) groups is 1. The second-order valence-corrected chi connectivity index (χ2v) is 7.89. The van der Waals surface area contributed by atoms with Crippen molar-refractivity contribution >= 4 is 33.0 Å². The molecule has 1 aromatic heterocycles. The molecule has 1 unspecified atom stereocenters. The Bertz CT molecular complexity index is 702. The fraction of sp³-hybridized carbons (Fsp3) is 0.471. The summed E-state index contributed by atoms with van der Waals surface area (Å²) >= 11 is 1.50. The second kappa shape index (κ2) is 5.02. The standard InChI is InChI=1S/C17H22N2OS/c1-10-5-4-6-12-13(18)15(21-14(10)12)16(20)19-11-7-8-17(2,3)9-11/h4-6,11H,7-9,18H2,1-3H3,(H,19,20). The molecule has 112 valence electrons. The lowest BCUT2D eigenvalue weighted by Gasteiger charge is -2.17. The SMILES string of the molecule is Cc1cccc2c(N)c(C(=O)NC3CCC(C)(C)C3)sc12. The number of anilines is 1. The highest BCUT2D eigenvalue weighted by Gasteiger charge is 2.32. The van der Waals surface area contributed by atoms with Crippen molar-refractivity contribution in [1.29, 1.82) is 0 Å². The number of thiophene rings is 1. The van der Waals surface area contributed by atoms with E-state index in [9.17, 15) is 4.79 Å². The number of benzene rings is 1. The Morgan fingerprint density at radius 1 is 1.43 bits per heavy atom. The molecule has 1 aliphatic rings. The normalized spacial score (nSPS) is 20.8. The summed E-state index contributed by atoms with van der Waals surface area (Å²) in [4.78, 5) is 13.2. The number of fused-ring (bicyclic) bond motifs is 1. The van der Waals surface area contributed by atoms with Crippen LogP contribution in [0.3, 0.4) is 0 Å². The molecule has 1 heterocycles. The Balaban J connectivity index is 1.85. The van der Waals surface area contributed by atoms with Crippen molar-refractivity contribution in [2.24, 2.45) is 5.41 Å². The van der Waals surface area contributed by atoms with Crippen LogP contribution in [0.5, 0.6) is 0 Å². The Labute approximate surface area is 129 Å². The molecule has 1 atom stereocenters. The first-order chi connectivity index (χ1) is 9.87. The number of rotatable bonds is 2. The van der Waals surface area contributed by atoms with Crippen molar-refractivity contribution in [3.05, 3.63) is 28.6 Å². The zero-order valence-corrected chi connectivity index (χ0v) is 13.6. The van der Waals surface area contributed by atoms with Gasteiger partial charge in [0.2, 0.25) is 0 Å². The third-order valence-corrected chi connectivity index (χ3v) is 5.82. The summed E-state index contributed by atoms with van der Waals surface area (Å²) in [6.45, 7) is 6.58. The van der Waals surface area contributed by atoms with E-state index in [-0.39, 0.29) is 11.9 Å². The molecular formula is C17H22N2OS. The smallest absolute Gasteiger partial charge is 0.263 e. The predicted molar refractivity (Wildman–Crippen MR) is 89.9 cm³/mol. The minimum atomic E-state index is -0.0178. The second-order valence-electron chi connectivity index (χ2n) is 6.87. The van der Waals surface area contributed by atoms with E-state index in [1.807, 2.05) is 12.1 Å². The van der Waals surface area contributed by atoms with E-state index in [4.69, 9.17) is 5.73 Å². The predicted octanol–water partition coefficient (Wildman–Crippen LogP) is 4.10. The first kappa shape index (κ1) is 14.4. The van der Waals surface area contributed by atoms with E-state index in [1.54, 1.807) is 0 Å². The van der Waals surface area contributed by atoms with Crippen molar-refractivity contribution in [3.8, 4) is 0 Å². The monoisotopic (exact) mass is 302 g/mol. The molecule has 3 nitrogen and oxygen atoms in total. The van der Waals surface area contributed by atoms with Gasteiger partial charge < -0.3 is 11.1 Å². The average molecular weight is 302 g/mol. The number of nitrogens with one attached hydrogen (secondary N) is 1. The average Bonchev–Trinajstić information content (AvgIpc) is 2.92.